The highest BCUT2D eigenvalue weighted by Gasteiger charge is 2.19. The van der Waals surface area contributed by atoms with Crippen LogP contribution in [0.15, 0.2) is 23.3 Å². The molecule has 1 N–H and O–H groups in total. The van der Waals surface area contributed by atoms with Gasteiger partial charge in [-0.05, 0) is 29.9 Å². The van der Waals surface area contributed by atoms with Crippen LogP contribution in [0.25, 0.3) is 0 Å². The van der Waals surface area contributed by atoms with E-state index in [2.05, 4.69) is 24.4 Å². The first-order chi connectivity index (χ1) is 5.38. The van der Waals surface area contributed by atoms with Crippen LogP contribution in [0.3, 0.4) is 0 Å². The van der Waals surface area contributed by atoms with E-state index in [9.17, 15) is 0 Å². The van der Waals surface area contributed by atoms with Crippen LogP contribution < -0.4 is 5.32 Å². The molecule has 1 atom stereocenters. The number of nitrogens with one attached hydrogen (secondary N) is 1. The molecule has 0 aromatic carbocycles. The molecule has 60 valence electrons. The van der Waals surface area contributed by atoms with Crippen molar-refractivity contribution in [3.8, 4) is 0 Å². The van der Waals surface area contributed by atoms with E-state index in [0.717, 1.165) is 19.0 Å². The third-order valence-corrected chi connectivity index (χ3v) is 2.59. The minimum atomic E-state index is 0.732. The summed E-state index contributed by atoms with van der Waals surface area (Å²) in [4.78, 5) is 0. The van der Waals surface area contributed by atoms with E-state index in [1.54, 1.807) is 11.1 Å². The number of hydrogen-bond donors (Lipinski definition) is 1. The predicted octanol–water partition coefficient (Wildman–Crippen LogP) is 1.87. The smallest absolute Gasteiger partial charge is 0.0205 e. The molecule has 0 saturated carbocycles. The molecule has 2 rings (SSSR count). The molecule has 1 fully saturated rings. The van der Waals surface area contributed by atoms with Gasteiger partial charge in [0, 0.05) is 13.1 Å². The van der Waals surface area contributed by atoms with Gasteiger partial charge in [0.15, 0.2) is 0 Å². The molecule has 0 aromatic heterocycles. The average Bonchev–Trinajstić information content (AvgIpc) is 2.06. The molecular weight excluding hydrogens is 134 g/mol. The zero-order chi connectivity index (χ0) is 7.68. The van der Waals surface area contributed by atoms with Crippen LogP contribution in [0.1, 0.15) is 19.8 Å². The van der Waals surface area contributed by atoms with Crippen LogP contribution in [-0.2, 0) is 0 Å². The maximum absolute atomic E-state index is 3.42. The normalized spacial score (nSPS) is 30.5. The number of hydrogen-bond acceptors (Lipinski definition) is 1. The Morgan fingerprint density at radius 1 is 1.36 bits per heavy atom. The fraction of sp³-hybridized carbons (Fsp3) is 0.600. The largest absolute Gasteiger partial charge is 0.312 e. The van der Waals surface area contributed by atoms with Gasteiger partial charge in [0.2, 0.25) is 0 Å². The van der Waals surface area contributed by atoms with Gasteiger partial charge in [-0.15, -0.1) is 0 Å². The highest BCUT2D eigenvalue weighted by molar-refractivity contribution is 5.38. The molecule has 2 aliphatic rings. The average molecular weight is 149 g/mol. The Morgan fingerprint density at radius 2 is 2.18 bits per heavy atom. The van der Waals surface area contributed by atoms with Gasteiger partial charge in [0.25, 0.3) is 0 Å². The topological polar surface area (TPSA) is 12.0 Å². The Bertz CT molecular complexity index is 213. The van der Waals surface area contributed by atoms with Gasteiger partial charge in [-0.2, -0.15) is 0 Å². The Hall–Kier alpha value is -0.560. The molecule has 1 unspecified atom stereocenters. The maximum Gasteiger partial charge on any atom is 0.0205 e. The minimum absolute atomic E-state index is 0.732. The van der Waals surface area contributed by atoms with Crippen molar-refractivity contribution < 1.29 is 0 Å². The zero-order valence-electron chi connectivity index (χ0n) is 7.06. The second kappa shape index (κ2) is 2.82. The third-order valence-electron chi connectivity index (χ3n) is 2.59. The standard InChI is InChI=1S/C10H15N/c1-8-6-11-7-9-4-2-3-5-10(8)9/h4-5,8,11H,2-3,6-7H2,1H3. The summed E-state index contributed by atoms with van der Waals surface area (Å²) >= 11 is 0. The predicted molar refractivity (Wildman–Crippen MR) is 47.4 cm³/mol. The number of piperidine rings is 1. The second-order valence-corrected chi connectivity index (χ2v) is 3.50. The lowest BCUT2D eigenvalue weighted by Gasteiger charge is -2.28. The molecule has 1 saturated heterocycles. The SMILES string of the molecule is CC1CNCC2=CCCC=C21. The van der Waals surface area contributed by atoms with E-state index < -0.39 is 0 Å². The van der Waals surface area contributed by atoms with Gasteiger partial charge in [-0.3, -0.25) is 0 Å². The Balaban J connectivity index is 2.24. The molecule has 0 amide bonds. The van der Waals surface area contributed by atoms with Crippen molar-refractivity contribution in [1.29, 1.82) is 0 Å². The fourth-order valence-corrected chi connectivity index (χ4v) is 1.97. The molecule has 0 spiro atoms. The molecule has 1 nitrogen and oxygen atoms in total. The lowest BCUT2D eigenvalue weighted by atomic mass is 9.86. The van der Waals surface area contributed by atoms with E-state index in [1.165, 1.54) is 12.8 Å². The summed E-state index contributed by atoms with van der Waals surface area (Å²) in [7, 11) is 0. The Morgan fingerprint density at radius 3 is 3.00 bits per heavy atom. The molecule has 0 bridgehead atoms. The van der Waals surface area contributed by atoms with Crippen molar-refractivity contribution in [2.24, 2.45) is 5.92 Å². The summed E-state index contributed by atoms with van der Waals surface area (Å²) in [6.07, 6.45) is 7.30. The first-order valence-electron chi connectivity index (χ1n) is 4.48. The van der Waals surface area contributed by atoms with E-state index in [0.29, 0.717) is 0 Å². The van der Waals surface area contributed by atoms with Crippen LogP contribution in [-0.4, -0.2) is 13.1 Å². The summed E-state index contributed by atoms with van der Waals surface area (Å²) in [5.41, 5.74) is 3.16. The maximum atomic E-state index is 3.42. The van der Waals surface area contributed by atoms with E-state index in [4.69, 9.17) is 0 Å². The van der Waals surface area contributed by atoms with E-state index in [-0.39, 0.29) is 0 Å². The first kappa shape index (κ1) is 7.11. The van der Waals surface area contributed by atoms with E-state index >= 15 is 0 Å². The summed E-state index contributed by atoms with van der Waals surface area (Å²) < 4.78 is 0. The molecule has 0 aromatic rings. The van der Waals surface area contributed by atoms with Gasteiger partial charge < -0.3 is 5.32 Å². The molecule has 1 aliphatic heterocycles. The van der Waals surface area contributed by atoms with Crippen molar-refractivity contribution in [3.63, 3.8) is 0 Å². The number of fused-ring (bicyclic) bond motifs is 1. The Kier molecular flexibility index (Phi) is 1.82. The van der Waals surface area contributed by atoms with E-state index in [1.807, 2.05) is 0 Å². The summed E-state index contributed by atoms with van der Waals surface area (Å²) in [6.45, 7) is 4.55. The van der Waals surface area contributed by atoms with Gasteiger partial charge in [0.1, 0.15) is 0 Å². The van der Waals surface area contributed by atoms with Crippen molar-refractivity contribution in [3.05, 3.63) is 23.3 Å². The quantitative estimate of drug-likeness (QED) is 0.554. The van der Waals surface area contributed by atoms with Crippen LogP contribution >= 0.6 is 0 Å². The van der Waals surface area contributed by atoms with Crippen molar-refractivity contribution in [2.45, 2.75) is 19.8 Å². The monoisotopic (exact) mass is 149 g/mol. The van der Waals surface area contributed by atoms with Crippen LogP contribution in [0.5, 0.6) is 0 Å². The number of rotatable bonds is 0. The molecule has 1 heteroatoms. The van der Waals surface area contributed by atoms with Gasteiger partial charge in [-0.25, -0.2) is 0 Å². The van der Waals surface area contributed by atoms with Crippen LogP contribution in [0.4, 0.5) is 0 Å². The third kappa shape index (κ3) is 1.25. The molecule has 0 radical (unpaired) electrons. The van der Waals surface area contributed by atoms with Crippen molar-refractivity contribution in [2.75, 3.05) is 13.1 Å². The molecule has 1 heterocycles. The fourth-order valence-electron chi connectivity index (χ4n) is 1.97. The lowest BCUT2D eigenvalue weighted by Crippen LogP contribution is -2.32. The van der Waals surface area contributed by atoms with Gasteiger partial charge in [-0.1, -0.05) is 19.1 Å². The second-order valence-electron chi connectivity index (χ2n) is 3.50. The van der Waals surface area contributed by atoms with Crippen molar-refractivity contribution >= 4 is 0 Å². The van der Waals surface area contributed by atoms with Crippen LogP contribution in [0.2, 0.25) is 0 Å². The molecular formula is C10H15N. The molecule has 11 heavy (non-hydrogen) atoms. The van der Waals surface area contributed by atoms with Crippen LogP contribution in [0, 0.1) is 5.92 Å². The first-order valence-corrected chi connectivity index (χ1v) is 4.48. The minimum Gasteiger partial charge on any atom is -0.312 e. The number of allylic oxidation sites excluding steroid dienone is 2. The summed E-state index contributed by atoms with van der Waals surface area (Å²) in [5, 5.41) is 3.42. The summed E-state index contributed by atoms with van der Waals surface area (Å²) in [6, 6.07) is 0. The highest BCUT2D eigenvalue weighted by Crippen LogP contribution is 2.27. The Labute approximate surface area is 68.2 Å². The van der Waals surface area contributed by atoms with Gasteiger partial charge >= 0.3 is 0 Å². The van der Waals surface area contributed by atoms with Crippen molar-refractivity contribution in [1.82, 2.24) is 5.32 Å². The van der Waals surface area contributed by atoms with Gasteiger partial charge in [0.05, 0.1) is 0 Å². The zero-order valence-corrected chi connectivity index (χ0v) is 7.06. The lowest BCUT2D eigenvalue weighted by molar-refractivity contribution is 0.548. The highest BCUT2D eigenvalue weighted by atomic mass is 14.9. The molecule has 1 aliphatic carbocycles. The summed E-state index contributed by atoms with van der Waals surface area (Å²) in [5.74, 6) is 0.732.